The van der Waals surface area contributed by atoms with Gasteiger partial charge in [-0.3, -0.25) is 0 Å². The van der Waals surface area contributed by atoms with Gasteiger partial charge in [-0.2, -0.15) is 4.98 Å². The lowest BCUT2D eigenvalue weighted by atomic mass is 9.98. The summed E-state index contributed by atoms with van der Waals surface area (Å²) in [4.78, 5) is 6.99. The number of aryl methyl sites for hydroxylation is 1. The summed E-state index contributed by atoms with van der Waals surface area (Å²) in [5, 5.41) is 23.1. The molecular weight excluding hydrogens is 416 g/mol. The largest absolute Gasteiger partial charge is 0.394 e. The van der Waals surface area contributed by atoms with Crippen LogP contribution in [-0.2, 0) is 19.3 Å². The van der Waals surface area contributed by atoms with Crippen LogP contribution in [0.4, 0.5) is 0 Å². The van der Waals surface area contributed by atoms with E-state index in [1.165, 1.54) is 16.7 Å². The fraction of sp³-hybridized carbons (Fsp3) is 0.462. The quantitative estimate of drug-likeness (QED) is 0.460. The van der Waals surface area contributed by atoms with Gasteiger partial charge in [0.25, 0.3) is 5.89 Å². The Balaban J connectivity index is 1.43. The third-order valence-corrected chi connectivity index (χ3v) is 6.58. The van der Waals surface area contributed by atoms with Gasteiger partial charge in [-0.25, -0.2) is 0 Å². The van der Waals surface area contributed by atoms with Gasteiger partial charge in [-0.15, -0.1) is 0 Å². The molecular formula is C26H34N4O3. The smallest absolute Gasteiger partial charge is 0.258 e. The summed E-state index contributed by atoms with van der Waals surface area (Å²) in [7, 11) is 0. The molecule has 0 saturated heterocycles. The number of aliphatic hydroxyl groups is 2. The van der Waals surface area contributed by atoms with Crippen LogP contribution in [0.15, 0.2) is 47.0 Å². The molecule has 4 rings (SSSR count). The van der Waals surface area contributed by atoms with Crippen molar-refractivity contribution in [2.45, 2.75) is 44.6 Å². The molecule has 176 valence electrons. The van der Waals surface area contributed by atoms with Crippen molar-refractivity contribution in [1.29, 1.82) is 0 Å². The van der Waals surface area contributed by atoms with Gasteiger partial charge >= 0.3 is 0 Å². The maximum absolute atomic E-state index is 9.44. The van der Waals surface area contributed by atoms with Gasteiger partial charge in [0, 0.05) is 30.8 Å². The van der Waals surface area contributed by atoms with Crippen LogP contribution in [0.5, 0.6) is 0 Å². The van der Waals surface area contributed by atoms with Gasteiger partial charge in [-0.1, -0.05) is 42.8 Å². The topological polar surface area (TPSA) is 109 Å². The lowest BCUT2D eigenvalue weighted by Gasteiger charge is -2.28. The van der Waals surface area contributed by atoms with Crippen molar-refractivity contribution in [2.75, 3.05) is 32.8 Å². The highest BCUT2D eigenvalue weighted by atomic mass is 16.5. The number of hydrogen-bond donors (Lipinski definition) is 3. The van der Waals surface area contributed by atoms with Crippen molar-refractivity contribution in [1.82, 2.24) is 15.0 Å². The molecule has 0 unspecified atom stereocenters. The number of aromatic nitrogens is 2. The number of nitrogens with two attached hydrogens (primary N) is 1. The van der Waals surface area contributed by atoms with Crippen molar-refractivity contribution >= 4 is 0 Å². The molecule has 0 radical (unpaired) electrons. The van der Waals surface area contributed by atoms with Crippen molar-refractivity contribution in [3.8, 4) is 22.8 Å². The van der Waals surface area contributed by atoms with E-state index in [0.29, 0.717) is 18.1 Å². The molecule has 0 atom stereocenters. The second-order valence-electron chi connectivity index (χ2n) is 9.12. The minimum Gasteiger partial charge on any atom is -0.394 e. The molecule has 0 spiro atoms. The van der Waals surface area contributed by atoms with Crippen LogP contribution in [0.1, 0.15) is 36.5 Å². The van der Waals surface area contributed by atoms with E-state index in [4.69, 9.17) is 10.3 Å². The highest BCUT2D eigenvalue weighted by Crippen LogP contribution is 2.26. The van der Waals surface area contributed by atoms with Crippen molar-refractivity contribution in [3.05, 3.63) is 59.2 Å². The Morgan fingerprint density at radius 2 is 1.70 bits per heavy atom. The van der Waals surface area contributed by atoms with Crippen molar-refractivity contribution < 1.29 is 14.7 Å². The van der Waals surface area contributed by atoms with Crippen LogP contribution in [0.2, 0.25) is 0 Å². The van der Waals surface area contributed by atoms with Gasteiger partial charge in [0.15, 0.2) is 0 Å². The van der Waals surface area contributed by atoms with Gasteiger partial charge in [-0.05, 0) is 60.6 Å². The molecule has 4 N–H and O–H groups in total. The first-order chi connectivity index (χ1) is 16.0. The summed E-state index contributed by atoms with van der Waals surface area (Å²) < 4.78 is 5.55. The van der Waals surface area contributed by atoms with Gasteiger partial charge in [0.1, 0.15) is 0 Å². The normalized spacial score (nSPS) is 14.8. The first-order valence-corrected chi connectivity index (χ1v) is 11.8. The molecule has 1 aromatic heterocycles. The number of benzene rings is 2. The molecule has 1 aliphatic rings. The van der Waals surface area contributed by atoms with E-state index in [1.54, 1.807) is 0 Å². The summed E-state index contributed by atoms with van der Waals surface area (Å²) in [6.45, 7) is 4.34. The Kier molecular flexibility index (Phi) is 7.55. The SMILES string of the molecule is CCCc1ccc(-c2nc(-c3ccc4c(c3)CCN(CCC(N)(CO)CO)CC4)no2)cc1. The summed E-state index contributed by atoms with van der Waals surface area (Å²) in [6, 6.07) is 14.7. The maximum Gasteiger partial charge on any atom is 0.258 e. The second kappa shape index (κ2) is 10.6. The third kappa shape index (κ3) is 5.68. The zero-order chi connectivity index (χ0) is 23.3. The fourth-order valence-corrected chi connectivity index (χ4v) is 4.28. The Hall–Kier alpha value is -2.58. The molecule has 3 aromatic rings. The molecule has 7 nitrogen and oxygen atoms in total. The van der Waals surface area contributed by atoms with Crippen LogP contribution in [0.3, 0.4) is 0 Å². The minimum absolute atomic E-state index is 0.212. The lowest BCUT2D eigenvalue weighted by Crippen LogP contribution is -2.49. The fourth-order valence-electron chi connectivity index (χ4n) is 4.28. The van der Waals surface area contributed by atoms with Gasteiger partial charge in [0.05, 0.1) is 18.8 Å². The Labute approximate surface area is 195 Å². The predicted octanol–water partition coefficient (Wildman–Crippen LogP) is 2.83. The third-order valence-electron chi connectivity index (χ3n) is 6.58. The number of nitrogens with zero attached hydrogens (tertiary/aromatic N) is 3. The molecule has 0 fully saturated rings. The van der Waals surface area contributed by atoms with Crippen LogP contribution >= 0.6 is 0 Å². The summed E-state index contributed by atoms with van der Waals surface area (Å²) >= 11 is 0. The van der Waals surface area contributed by atoms with E-state index in [-0.39, 0.29) is 13.2 Å². The second-order valence-corrected chi connectivity index (χ2v) is 9.12. The maximum atomic E-state index is 9.44. The molecule has 1 aliphatic heterocycles. The van der Waals surface area contributed by atoms with Gasteiger partial charge < -0.3 is 25.4 Å². The highest BCUT2D eigenvalue weighted by Gasteiger charge is 2.25. The average molecular weight is 451 g/mol. The van der Waals surface area contributed by atoms with E-state index in [9.17, 15) is 10.2 Å². The monoisotopic (exact) mass is 450 g/mol. The van der Waals surface area contributed by atoms with E-state index < -0.39 is 5.54 Å². The molecule has 0 amide bonds. The van der Waals surface area contributed by atoms with Crippen LogP contribution in [0, 0.1) is 0 Å². The molecule has 7 heteroatoms. The van der Waals surface area contributed by atoms with E-state index in [0.717, 1.165) is 56.4 Å². The van der Waals surface area contributed by atoms with E-state index in [2.05, 4.69) is 52.3 Å². The summed E-state index contributed by atoms with van der Waals surface area (Å²) in [6.07, 6.45) is 4.62. The van der Waals surface area contributed by atoms with E-state index in [1.807, 2.05) is 12.1 Å². The zero-order valence-electron chi connectivity index (χ0n) is 19.3. The van der Waals surface area contributed by atoms with Gasteiger partial charge in [0.2, 0.25) is 5.82 Å². The average Bonchev–Trinajstić information content (AvgIpc) is 3.25. The first kappa shape index (κ1) is 23.6. The molecule has 0 aliphatic carbocycles. The Bertz CT molecular complexity index is 1040. The molecule has 0 saturated carbocycles. The molecule has 0 bridgehead atoms. The molecule has 2 heterocycles. The standard InChI is InChI=1S/C26H34N4O3/c1-2-3-19-4-6-21(7-5-19)25-28-24(29-33-25)23-9-8-20-10-13-30(14-11-22(20)16-23)15-12-26(27,17-31)18-32/h4-9,16,31-32H,2-3,10-15,17-18,27H2,1H3. The summed E-state index contributed by atoms with van der Waals surface area (Å²) in [5.74, 6) is 1.14. The van der Waals surface area contributed by atoms with E-state index >= 15 is 0 Å². The first-order valence-electron chi connectivity index (χ1n) is 11.8. The molecule has 2 aromatic carbocycles. The highest BCUT2D eigenvalue weighted by molar-refractivity contribution is 5.61. The van der Waals surface area contributed by atoms with Crippen LogP contribution in [0.25, 0.3) is 22.8 Å². The van der Waals surface area contributed by atoms with Crippen LogP contribution < -0.4 is 5.73 Å². The Morgan fingerprint density at radius 3 is 2.39 bits per heavy atom. The molecule has 33 heavy (non-hydrogen) atoms. The predicted molar refractivity (Wildman–Crippen MR) is 129 cm³/mol. The lowest BCUT2D eigenvalue weighted by molar-refractivity contribution is 0.103. The number of fused-ring (bicyclic) bond motifs is 1. The number of rotatable bonds is 9. The van der Waals surface area contributed by atoms with Crippen molar-refractivity contribution in [2.24, 2.45) is 5.73 Å². The zero-order valence-corrected chi connectivity index (χ0v) is 19.3. The number of aliphatic hydroxyl groups excluding tert-OH is 2. The minimum atomic E-state index is -0.918. The van der Waals surface area contributed by atoms with Crippen LogP contribution in [-0.4, -0.2) is 63.6 Å². The van der Waals surface area contributed by atoms with Crippen molar-refractivity contribution in [3.63, 3.8) is 0 Å². The Morgan fingerprint density at radius 1 is 1.00 bits per heavy atom. The summed E-state index contributed by atoms with van der Waals surface area (Å²) in [5.41, 5.74) is 11.0. The number of hydrogen-bond acceptors (Lipinski definition) is 7.